The van der Waals surface area contributed by atoms with Crippen molar-refractivity contribution in [3.8, 4) is 0 Å². The van der Waals surface area contributed by atoms with Crippen molar-refractivity contribution in [2.45, 2.75) is 26.7 Å². The zero-order valence-corrected chi connectivity index (χ0v) is 8.43. The monoisotopic (exact) mass is 181 g/mol. The van der Waals surface area contributed by atoms with Crippen LogP contribution in [-0.4, -0.2) is 24.8 Å². The van der Waals surface area contributed by atoms with E-state index in [1.54, 1.807) is 6.66 Å². The van der Waals surface area contributed by atoms with Crippen molar-refractivity contribution in [2.75, 3.05) is 19.9 Å². The van der Waals surface area contributed by atoms with Crippen LogP contribution in [0.4, 0.5) is 0 Å². The van der Waals surface area contributed by atoms with E-state index in [1.165, 1.54) is 0 Å². The van der Waals surface area contributed by atoms with Crippen molar-refractivity contribution in [3.05, 3.63) is 0 Å². The lowest BCUT2D eigenvalue weighted by Gasteiger charge is -2.11. The Labute approximate surface area is 69.3 Å². The minimum Gasteiger partial charge on any atom is -0.193 e. The molecule has 0 fully saturated rings. The van der Waals surface area contributed by atoms with E-state index >= 15 is 0 Å². The molecule has 0 radical (unpaired) electrons. The van der Waals surface area contributed by atoms with Crippen molar-refractivity contribution in [1.29, 1.82) is 0 Å². The molecule has 0 rings (SSSR count). The summed E-state index contributed by atoms with van der Waals surface area (Å²) in [7, 11) is -2.48. The molecule has 68 valence electrons. The Kier molecular flexibility index (Phi) is 6.06. The third-order valence-corrected chi connectivity index (χ3v) is 2.39. The quantitative estimate of drug-likeness (QED) is 0.638. The molecule has 0 unspecified atom stereocenters. The van der Waals surface area contributed by atoms with Gasteiger partial charge in [0.15, 0.2) is 0 Å². The van der Waals surface area contributed by atoms with E-state index in [2.05, 4.69) is 0 Å². The summed E-state index contributed by atoms with van der Waals surface area (Å²) in [6.45, 7) is 6.77. The van der Waals surface area contributed by atoms with Crippen molar-refractivity contribution in [3.63, 3.8) is 0 Å². The molecule has 0 aromatic heterocycles. The zero-order valence-electron chi connectivity index (χ0n) is 7.54. The molecule has 0 saturated carbocycles. The summed E-state index contributed by atoms with van der Waals surface area (Å²) in [6, 6.07) is 0. The van der Waals surface area contributed by atoms with E-state index in [0.717, 1.165) is 12.8 Å². The summed E-state index contributed by atoms with van der Waals surface area (Å²) in [4.78, 5) is 9.44. The lowest BCUT2D eigenvalue weighted by Crippen LogP contribution is -2.02. The summed E-state index contributed by atoms with van der Waals surface area (Å²) in [5, 5.41) is 0. The predicted octanol–water partition coefficient (Wildman–Crippen LogP) is 2.22. The predicted molar refractivity (Wildman–Crippen MR) is 47.5 cm³/mol. The summed E-state index contributed by atoms with van der Waals surface area (Å²) in [6.07, 6.45) is 1.82. The molecule has 0 saturated heterocycles. The van der Waals surface area contributed by atoms with Gasteiger partial charge in [-0.25, -0.2) is 0 Å². The summed E-state index contributed by atoms with van der Waals surface area (Å²) < 4.78 is 10.3. The van der Waals surface area contributed by atoms with E-state index in [1.807, 2.05) is 13.8 Å². The van der Waals surface area contributed by atoms with Crippen molar-refractivity contribution >= 4 is 7.94 Å². The number of rotatable bonds is 6. The maximum absolute atomic E-state index is 9.44. The van der Waals surface area contributed by atoms with Crippen LogP contribution in [-0.2, 0) is 9.05 Å². The zero-order chi connectivity index (χ0) is 8.74. The van der Waals surface area contributed by atoms with E-state index in [-0.39, 0.29) is 0 Å². The van der Waals surface area contributed by atoms with Gasteiger partial charge in [-0.05, 0) is 12.8 Å². The first kappa shape index (κ1) is 11.3. The van der Waals surface area contributed by atoms with Crippen molar-refractivity contribution in [1.82, 2.24) is 0 Å². The van der Waals surface area contributed by atoms with Crippen LogP contribution in [0.25, 0.3) is 0 Å². The van der Waals surface area contributed by atoms with Gasteiger partial charge in [0.1, 0.15) is 6.66 Å². The highest BCUT2D eigenvalue weighted by Crippen LogP contribution is 2.52. The van der Waals surface area contributed by atoms with E-state index < -0.39 is 7.94 Å². The molecule has 0 aliphatic rings. The lowest BCUT2D eigenvalue weighted by atomic mass is 10.5. The minimum absolute atomic E-state index is 0.574. The molecular formula is C7H18O3P+. The third kappa shape index (κ3) is 6.70. The van der Waals surface area contributed by atoms with Gasteiger partial charge in [0.2, 0.25) is 0 Å². The van der Waals surface area contributed by atoms with Crippen LogP contribution < -0.4 is 0 Å². The van der Waals surface area contributed by atoms with Crippen LogP contribution in [0.5, 0.6) is 0 Å². The molecule has 0 aliphatic heterocycles. The SMILES string of the molecule is CCCO[P+](C)(O)OCCC. The Morgan fingerprint density at radius 2 is 1.45 bits per heavy atom. The van der Waals surface area contributed by atoms with Crippen molar-refractivity contribution in [2.24, 2.45) is 0 Å². The van der Waals surface area contributed by atoms with Crippen LogP contribution in [0.2, 0.25) is 0 Å². The van der Waals surface area contributed by atoms with Crippen molar-refractivity contribution < 1.29 is 13.9 Å². The van der Waals surface area contributed by atoms with Gasteiger partial charge in [-0.1, -0.05) is 13.8 Å². The molecule has 11 heavy (non-hydrogen) atoms. The minimum atomic E-state index is -2.48. The molecule has 0 aliphatic carbocycles. The van der Waals surface area contributed by atoms with Crippen LogP contribution in [0.1, 0.15) is 26.7 Å². The first-order valence-electron chi connectivity index (χ1n) is 4.00. The van der Waals surface area contributed by atoms with Crippen LogP contribution >= 0.6 is 7.94 Å². The smallest absolute Gasteiger partial charge is 0.193 e. The second-order valence-electron chi connectivity index (χ2n) is 2.47. The van der Waals surface area contributed by atoms with E-state index in [4.69, 9.17) is 9.05 Å². The van der Waals surface area contributed by atoms with Gasteiger partial charge >= 0.3 is 7.94 Å². The average molecular weight is 181 g/mol. The number of hydrogen-bond acceptors (Lipinski definition) is 3. The van der Waals surface area contributed by atoms with Gasteiger partial charge in [-0.15, -0.1) is 0 Å². The highest BCUT2D eigenvalue weighted by molar-refractivity contribution is 7.59. The molecule has 0 bridgehead atoms. The van der Waals surface area contributed by atoms with Crippen LogP contribution in [0, 0.1) is 0 Å². The maximum Gasteiger partial charge on any atom is 0.405 e. The second kappa shape index (κ2) is 5.90. The molecular weight excluding hydrogens is 163 g/mol. The Morgan fingerprint density at radius 1 is 1.09 bits per heavy atom. The fourth-order valence-electron chi connectivity index (χ4n) is 0.559. The standard InChI is InChI=1S/C7H18O3P/c1-4-6-9-11(3,8)10-7-5-2/h8H,4-7H2,1-3H3/q+1. The number of hydrogen-bond donors (Lipinski definition) is 1. The Bertz CT molecular complexity index is 85.7. The molecule has 0 spiro atoms. The van der Waals surface area contributed by atoms with Crippen LogP contribution in [0.3, 0.4) is 0 Å². The lowest BCUT2D eigenvalue weighted by molar-refractivity contribution is 0.181. The largest absolute Gasteiger partial charge is 0.405 e. The van der Waals surface area contributed by atoms with Gasteiger partial charge in [0.05, 0.1) is 13.2 Å². The Balaban J connectivity index is 3.43. The fourth-order valence-corrected chi connectivity index (χ4v) is 1.68. The van der Waals surface area contributed by atoms with Gasteiger partial charge < -0.3 is 0 Å². The van der Waals surface area contributed by atoms with Gasteiger partial charge in [-0.3, -0.25) is 0 Å². The third-order valence-electron chi connectivity index (χ3n) is 1.07. The van der Waals surface area contributed by atoms with Gasteiger partial charge in [-0.2, -0.15) is 13.9 Å². The molecule has 0 amide bonds. The molecule has 0 aromatic carbocycles. The summed E-state index contributed by atoms with van der Waals surface area (Å²) >= 11 is 0. The molecule has 0 aromatic rings. The highest BCUT2D eigenvalue weighted by atomic mass is 31.2. The fraction of sp³-hybridized carbons (Fsp3) is 1.00. The summed E-state index contributed by atoms with van der Waals surface area (Å²) in [5.41, 5.74) is 0. The van der Waals surface area contributed by atoms with Crippen LogP contribution in [0.15, 0.2) is 0 Å². The first-order valence-corrected chi connectivity index (χ1v) is 6.03. The molecule has 4 heteroatoms. The molecule has 1 N–H and O–H groups in total. The molecule has 0 atom stereocenters. The summed E-state index contributed by atoms with van der Waals surface area (Å²) in [5.74, 6) is 0. The Morgan fingerprint density at radius 3 is 1.73 bits per heavy atom. The van der Waals surface area contributed by atoms with E-state index in [9.17, 15) is 4.89 Å². The molecule has 0 heterocycles. The maximum atomic E-state index is 9.44. The average Bonchev–Trinajstić information content (AvgIpc) is 1.97. The van der Waals surface area contributed by atoms with E-state index in [0.29, 0.717) is 13.2 Å². The highest BCUT2D eigenvalue weighted by Gasteiger charge is 2.32. The topological polar surface area (TPSA) is 38.7 Å². The van der Waals surface area contributed by atoms with Gasteiger partial charge in [0.25, 0.3) is 0 Å². The first-order chi connectivity index (χ1) is 5.12. The normalized spacial score (nSPS) is 12.0. The Hall–Kier alpha value is 0.310. The molecule has 3 nitrogen and oxygen atoms in total. The second-order valence-corrected chi connectivity index (χ2v) is 4.59. The van der Waals surface area contributed by atoms with Gasteiger partial charge in [0, 0.05) is 0 Å².